The van der Waals surface area contributed by atoms with Gasteiger partial charge in [-0.15, -0.1) is 0 Å². The van der Waals surface area contributed by atoms with Gasteiger partial charge in [-0.2, -0.15) is 18.2 Å². The van der Waals surface area contributed by atoms with Crippen LogP contribution < -0.4 is 15.5 Å². The third-order valence-electron chi connectivity index (χ3n) is 5.05. The molecule has 0 spiro atoms. The van der Waals surface area contributed by atoms with Crippen LogP contribution in [0.1, 0.15) is 21.6 Å². The van der Waals surface area contributed by atoms with Crippen LogP contribution in [0.4, 0.5) is 36.3 Å². The summed E-state index contributed by atoms with van der Waals surface area (Å²) in [7, 11) is 0. The highest BCUT2D eigenvalue weighted by molar-refractivity contribution is 6.04. The second-order valence-electron chi connectivity index (χ2n) is 7.52. The minimum Gasteiger partial charge on any atom is -0.378 e. The van der Waals surface area contributed by atoms with Crippen LogP contribution in [0.25, 0.3) is 0 Å². The van der Waals surface area contributed by atoms with Crippen molar-refractivity contribution in [1.29, 1.82) is 0 Å². The third kappa shape index (κ3) is 5.78. The first-order chi connectivity index (χ1) is 15.8. The third-order valence-corrected chi connectivity index (χ3v) is 5.05. The zero-order chi connectivity index (χ0) is 23.4. The van der Waals surface area contributed by atoms with Crippen molar-refractivity contribution in [3.8, 4) is 0 Å². The average Bonchev–Trinajstić information content (AvgIpc) is 2.80. The van der Waals surface area contributed by atoms with E-state index in [1.165, 1.54) is 0 Å². The summed E-state index contributed by atoms with van der Waals surface area (Å²) < 4.78 is 43.4. The van der Waals surface area contributed by atoms with Gasteiger partial charge in [-0.25, -0.2) is 4.98 Å². The fourth-order valence-electron chi connectivity index (χ4n) is 3.34. The lowest BCUT2D eigenvalue weighted by Gasteiger charge is -2.28. The number of halogens is 3. The standard InChI is InChI=1S/C23H22F3N5O2/c1-15-14-20(31-10-12-33-13-11-31)30-22(27-15)29-19-8-6-18(7-9-19)28-21(32)16-2-4-17(5-3-16)23(24,25)26/h2-9,14H,10-13H2,1H3,(H,28,32)(H,27,29,30). The molecule has 2 heterocycles. The molecule has 7 nitrogen and oxygen atoms in total. The Morgan fingerprint density at radius 3 is 2.24 bits per heavy atom. The van der Waals surface area contributed by atoms with Crippen LogP contribution in [0, 0.1) is 6.92 Å². The molecule has 33 heavy (non-hydrogen) atoms. The van der Waals surface area contributed by atoms with E-state index in [4.69, 9.17) is 4.74 Å². The first-order valence-electron chi connectivity index (χ1n) is 10.3. The van der Waals surface area contributed by atoms with Crippen LogP contribution in [-0.4, -0.2) is 42.2 Å². The van der Waals surface area contributed by atoms with Crippen LogP contribution in [0.2, 0.25) is 0 Å². The molecule has 2 aromatic carbocycles. The molecule has 0 atom stereocenters. The number of rotatable bonds is 5. The molecule has 2 N–H and O–H groups in total. The Bertz CT molecular complexity index is 1110. The molecule has 10 heteroatoms. The van der Waals surface area contributed by atoms with E-state index in [-0.39, 0.29) is 5.56 Å². The van der Waals surface area contributed by atoms with E-state index in [2.05, 4.69) is 25.5 Å². The lowest BCUT2D eigenvalue weighted by Crippen LogP contribution is -2.36. The van der Waals surface area contributed by atoms with Crippen LogP contribution in [0.5, 0.6) is 0 Å². The Balaban J connectivity index is 1.40. The summed E-state index contributed by atoms with van der Waals surface area (Å²) in [4.78, 5) is 23.5. The molecule has 0 saturated carbocycles. The number of carbonyl (C=O) groups is 1. The molecule has 1 amide bonds. The average molecular weight is 457 g/mol. The van der Waals surface area contributed by atoms with Gasteiger partial charge in [0.05, 0.1) is 18.8 Å². The lowest BCUT2D eigenvalue weighted by molar-refractivity contribution is -0.137. The molecule has 0 radical (unpaired) electrons. The maximum Gasteiger partial charge on any atom is 0.416 e. The van der Waals surface area contributed by atoms with Gasteiger partial charge in [0.2, 0.25) is 5.95 Å². The summed E-state index contributed by atoms with van der Waals surface area (Å²) in [6, 6.07) is 12.9. The van der Waals surface area contributed by atoms with Gasteiger partial charge in [-0.1, -0.05) is 0 Å². The molecule has 3 aromatic rings. The first kappa shape index (κ1) is 22.5. The number of amides is 1. The number of carbonyl (C=O) groups excluding carboxylic acids is 1. The molecule has 1 aromatic heterocycles. The molecule has 0 bridgehead atoms. The van der Waals surface area contributed by atoms with Gasteiger partial charge in [0.25, 0.3) is 5.91 Å². The van der Waals surface area contributed by atoms with Crippen molar-refractivity contribution in [2.45, 2.75) is 13.1 Å². The van der Waals surface area contributed by atoms with Gasteiger partial charge < -0.3 is 20.3 Å². The molecule has 0 aliphatic carbocycles. The van der Waals surface area contributed by atoms with Gasteiger partial charge in [0.15, 0.2) is 0 Å². The highest BCUT2D eigenvalue weighted by atomic mass is 19.4. The van der Waals surface area contributed by atoms with E-state index in [1.807, 2.05) is 13.0 Å². The van der Waals surface area contributed by atoms with Gasteiger partial charge in [0, 0.05) is 41.8 Å². The highest BCUT2D eigenvalue weighted by Gasteiger charge is 2.30. The zero-order valence-corrected chi connectivity index (χ0v) is 17.8. The van der Waals surface area contributed by atoms with Crippen molar-refractivity contribution in [2.24, 2.45) is 0 Å². The van der Waals surface area contributed by atoms with E-state index in [9.17, 15) is 18.0 Å². The largest absolute Gasteiger partial charge is 0.416 e. The van der Waals surface area contributed by atoms with Crippen LogP contribution >= 0.6 is 0 Å². The normalized spacial score (nSPS) is 14.1. The summed E-state index contributed by atoms with van der Waals surface area (Å²) in [6.07, 6.45) is -4.44. The van der Waals surface area contributed by atoms with E-state index in [0.717, 1.165) is 54.6 Å². The second-order valence-corrected chi connectivity index (χ2v) is 7.52. The lowest BCUT2D eigenvalue weighted by atomic mass is 10.1. The van der Waals surface area contributed by atoms with Gasteiger partial charge in [-0.3, -0.25) is 4.79 Å². The van der Waals surface area contributed by atoms with Crippen molar-refractivity contribution >= 4 is 29.0 Å². The minimum absolute atomic E-state index is 0.133. The molecule has 1 aliphatic heterocycles. The molecule has 1 aliphatic rings. The van der Waals surface area contributed by atoms with Crippen LogP contribution in [0.3, 0.4) is 0 Å². The van der Waals surface area contributed by atoms with E-state index in [1.54, 1.807) is 24.3 Å². The number of benzene rings is 2. The minimum atomic E-state index is -4.44. The van der Waals surface area contributed by atoms with Gasteiger partial charge in [0.1, 0.15) is 5.82 Å². The van der Waals surface area contributed by atoms with Crippen molar-refractivity contribution in [1.82, 2.24) is 9.97 Å². The first-order valence-corrected chi connectivity index (χ1v) is 10.3. The molecule has 1 saturated heterocycles. The number of nitrogens with zero attached hydrogens (tertiary/aromatic N) is 3. The Morgan fingerprint density at radius 1 is 0.970 bits per heavy atom. The maximum atomic E-state index is 12.7. The molecular formula is C23H22F3N5O2. The molecule has 172 valence electrons. The Labute approximate surface area is 188 Å². The Morgan fingerprint density at radius 2 is 1.61 bits per heavy atom. The van der Waals surface area contributed by atoms with Crippen molar-refractivity contribution in [3.05, 3.63) is 71.4 Å². The van der Waals surface area contributed by atoms with Crippen molar-refractivity contribution in [2.75, 3.05) is 41.8 Å². The number of anilines is 4. The molecule has 0 unspecified atom stereocenters. The fraction of sp³-hybridized carbons (Fsp3) is 0.261. The number of hydrogen-bond donors (Lipinski definition) is 2. The highest BCUT2D eigenvalue weighted by Crippen LogP contribution is 2.29. The smallest absolute Gasteiger partial charge is 0.378 e. The number of ether oxygens (including phenoxy) is 1. The summed E-state index contributed by atoms with van der Waals surface area (Å²) in [5, 5.41) is 5.83. The van der Waals surface area contributed by atoms with Crippen molar-refractivity contribution in [3.63, 3.8) is 0 Å². The summed E-state index contributed by atoms with van der Waals surface area (Å²) in [5.41, 5.74) is 1.39. The zero-order valence-electron chi connectivity index (χ0n) is 17.8. The summed E-state index contributed by atoms with van der Waals surface area (Å²) in [6.45, 7) is 4.75. The molecule has 4 rings (SSSR count). The Kier molecular flexibility index (Phi) is 6.45. The number of aryl methyl sites for hydroxylation is 1. The van der Waals surface area contributed by atoms with Crippen LogP contribution in [-0.2, 0) is 10.9 Å². The SMILES string of the molecule is Cc1cc(N2CCOCC2)nc(Nc2ccc(NC(=O)c3ccc(C(F)(F)F)cc3)cc2)n1. The monoisotopic (exact) mass is 457 g/mol. The van der Waals surface area contributed by atoms with E-state index in [0.29, 0.717) is 24.8 Å². The maximum absolute atomic E-state index is 12.7. The van der Waals surface area contributed by atoms with Crippen LogP contribution in [0.15, 0.2) is 54.6 Å². The number of morpholine rings is 1. The molecule has 1 fully saturated rings. The summed E-state index contributed by atoms with van der Waals surface area (Å²) in [5.74, 6) is 0.786. The number of alkyl halides is 3. The number of nitrogens with one attached hydrogen (secondary N) is 2. The topological polar surface area (TPSA) is 79.4 Å². The van der Waals surface area contributed by atoms with E-state index < -0.39 is 17.6 Å². The van der Waals surface area contributed by atoms with Crippen molar-refractivity contribution < 1.29 is 22.7 Å². The predicted molar refractivity (Wildman–Crippen MR) is 119 cm³/mol. The quantitative estimate of drug-likeness (QED) is 0.581. The Hall–Kier alpha value is -3.66. The van der Waals surface area contributed by atoms with E-state index >= 15 is 0 Å². The summed E-state index contributed by atoms with van der Waals surface area (Å²) >= 11 is 0. The predicted octanol–water partition coefficient (Wildman–Crippen LogP) is 4.64. The fourth-order valence-corrected chi connectivity index (χ4v) is 3.34. The van der Waals surface area contributed by atoms with Gasteiger partial charge >= 0.3 is 6.18 Å². The molecular weight excluding hydrogens is 435 g/mol. The number of hydrogen-bond acceptors (Lipinski definition) is 6. The second kappa shape index (κ2) is 9.45. The number of aromatic nitrogens is 2. The van der Waals surface area contributed by atoms with Gasteiger partial charge in [-0.05, 0) is 55.5 Å².